The van der Waals surface area contributed by atoms with Crippen molar-refractivity contribution < 1.29 is 23.7 Å². The normalized spacial score (nSPS) is 15.4. The van der Waals surface area contributed by atoms with Crippen LogP contribution in [0.5, 0.6) is 11.5 Å². The van der Waals surface area contributed by atoms with E-state index < -0.39 is 0 Å². The minimum Gasteiger partial charge on any atom is -0.493 e. The number of carbonyl (C=O) groups is 1. The zero-order valence-corrected chi connectivity index (χ0v) is 27.5. The number of carbonyl (C=O) groups excluding carboxylic acids is 1. The van der Waals surface area contributed by atoms with Crippen molar-refractivity contribution in [3.05, 3.63) is 64.7 Å². The van der Waals surface area contributed by atoms with Gasteiger partial charge >= 0.3 is 5.97 Å². The van der Waals surface area contributed by atoms with E-state index in [1.165, 1.54) is 62.5 Å². The fraction of sp³-hybridized carbons (Fsp3) is 0.605. The average molecular weight is 606 g/mol. The van der Waals surface area contributed by atoms with E-state index in [4.69, 9.17) is 18.9 Å². The number of piperidine rings is 1. The van der Waals surface area contributed by atoms with Crippen molar-refractivity contribution in [1.82, 2.24) is 4.90 Å². The van der Waals surface area contributed by atoms with Crippen LogP contribution in [0.25, 0.3) is 5.76 Å². The number of hydrogen-bond acceptors (Lipinski definition) is 6. The average Bonchev–Trinajstić information content (AvgIpc) is 3.37. The maximum Gasteiger partial charge on any atom is 0.337 e. The molecule has 0 atom stereocenters. The summed E-state index contributed by atoms with van der Waals surface area (Å²) in [5, 5.41) is 0. The SMILES string of the molecule is CCCCCCCCCCCCOCC(=O)OC1=C(CC2CCN(Cc3ccccc3)CC2)Cc2cc(OC)c(OC)cc21. The van der Waals surface area contributed by atoms with Crippen LogP contribution in [0.1, 0.15) is 107 Å². The number of nitrogens with zero attached hydrogens (tertiary/aromatic N) is 1. The summed E-state index contributed by atoms with van der Waals surface area (Å²) in [4.78, 5) is 15.5. The van der Waals surface area contributed by atoms with E-state index in [2.05, 4.69) is 42.2 Å². The molecule has 6 nitrogen and oxygen atoms in total. The lowest BCUT2D eigenvalue weighted by atomic mass is 9.89. The molecule has 242 valence electrons. The molecule has 1 aliphatic heterocycles. The molecule has 2 aliphatic rings. The number of likely N-dealkylation sites (tertiary alicyclic amines) is 1. The van der Waals surface area contributed by atoms with Gasteiger partial charge in [-0.1, -0.05) is 95.0 Å². The number of ether oxygens (including phenoxy) is 4. The van der Waals surface area contributed by atoms with Crippen molar-refractivity contribution in [3.63, 3.8) is 0 Å². The molecular formula is C38H55NO5. The van der Waals surface area contributed by atoms with E-state index in [-0.39, 0.29) is 12.6 Å². The largest absolute Gasteiger partial charge is 0.493 e. The highest BCUT2D eigenvalue weighted by Crippen LogP contribution is 2.43. The van der Waals surface area contributed by atoms with Gasteiger partial charge in [0.1, 0.15) is 12.4 Å². The van der Waals surface area contributed by atoms with Crippen LogP contribution >= 0.6 is 0 Å². The van der Waals surface area contributed by atoms with Gasteiger partial charge in [0.15, 0.2) is 11.5 Å². The van der Waals surface area contributed by atoms with Crippen molar-refractivity contribution in [1.29, 1.82) is 0 Å². The Morgan fingerprint density at radius 3 is 2.14 bits per heavy atom. The summed E-state index contributed by atoms with van der Waals surface area (Å²) >= 11 is 0. The second-order valence-corrected chi connectivity index (χ2v) is 12.6. The van der Waals surface area contributed by atoms with Gasteiger partial charge in [0.2, 0.25) is 0 Å². The Bertz CT molecular complexity index is 1170. The number of unbranched alkanes of at least 4 members (excludes halogenated alkanes) is 9. The summed E-state index contributed by atoms with van der Waals surface area (Å²) in [6.07, 6.45) is 16.8. The number of hydrogen-bond donors (Lipinski definition) is 0. The number of allylic oxidation sites excluding steroid dienone is 1. The monoisotopic (exact) mass is 605 g/mol. The Balaban J connectivity index is 1.26. The standard InChI is InChI=1S/C38H55NO5/c1-4-5-6-7-8-9-10-11-12-16-23-43-29-37(40)44-38-33(25-32-26-35(41-2)36(42-3)27-34(32)38)24-30-19-21-39(22-20-30)28-31-17-14-13-15-18-31/h13-15,17-18,26-27,30H,4-12,16,19-25,28-29H2,1-3H3. The van der Waals surface area contributed by atoms with Crippen LogP contribution in [0.3, 0.4) is 0 Å². The van der Waals surface area contributed by atoms with E-state index in [1.54, 1.807) is 14.2 Å². The second kappa shape index (κ2) is 18.9. The number of methoxy groups -OCH3 is 2. The van der Waals surface area contributed by atoms with Gasteiger partial charge in [-0.25, -0.2) is 4.79 Å². The topological polar surface area (TPSA) is 57.2 Å². The molecule has 0 aromatic heterocycles. The summed E-state index contributed by atoms with van der Waals surface area (Å²) in [5.74, 6) is 2.28. The molecule has 0 bridgehead atoms. The fourth-order valence-corrected chi connectivity index (χ4v) is 6.60. The molecule has 6 heteroatoms. The fourth-order valence-electron chi connectivity index (χ4n) is 6.60. The maximum absolute atomic E-state index is 13.0. The quantitative estimate of drug-likeness (QED) is 0.111. The molecule has 0 N–H and O–H groups in total. The predicted octanol–water partition coefficient (Wildman–Crippen LogP) is 8.75. The van der Waals surface area contributed by atoms with Crippen molar-refractivity contribution in [3.8, 4) is 11.5 Å². The van der Waals surface area contributed by atoms with Gasteiger partial charge in [0.25, 0.3) is 0 Å². The molecule has 1 saturated heterocycles. The Morgan fingerprint density at radius 2 is 1.48 bits per heavy atom. The Kier molecular flexibility index (Phi) is 14.6. The van der Waals surface area contributed by atoms with Gasteiger partial charge < -0.3 is 18.9 Å². The highest BCUT2D eigenvalue weighted by Gasteiger charge is 2.30. The third kappa shape index (κ3) is 10.7. The lowest BCUT2D eigenvalue weighted by Crippen LogP contribution is -2.33. The zero-order valence-electron chi connectivity index (χ0n) is 27.5. The summed E-state index contributed by atoms with van der Waals surface area (Å²) < 4.78 is 23.0. The first-order valence-electron chi connectivity index (χ1n) is 17.1. The number of benzene rings is 2. The lowest BCUT2D eigenvalue weighted by molar-refractivity contribution is -0.141. The van der Waals surface area contributed by atoms with E-state index >= 15 is 0 Å². The Morgan fingerprint density at radius 1 is 0.841 bits per heavy atom. The molecule has 2 aromatic carbocycles. The molecule has 2 aromatic rings. The van der Waals surface area contributed by atoms with Crippen LogP contribution in [-0.2, 0) is 27.2 Å². The highest BCUT2D eigenvalue weighted by molar-refractivity contribution is 5.84. The van der Waals surface area contributed by atoms with Crippen LogP contribution in [0, 0.1) is 5.92 Å². The molecule has 1 aliphatic carbocycles. The predicted molar refractivity (Wildman–Crippen MR) is 178 cm³/mol. The molecule has 0 unspecified atom stereocenters. The number of esters is 1. The second-order valence-electron chi connectivity index (χ2n) is 12.6. The van der Waals surface area contributed by atoms with Gasteiger partial charge in [0, 0.05) is 18.7 Å². The lowest BCUT2D eigenvalue weighted by Gasteiger charge is -2.32. The third-order valence-electron chi connectivity index (χ3n) is 9.15. The van der Waals surface area contributed by atoms with Crippen LogP contribution < -0.4 is 9.47 Å². The van der Waals surface area contributed by atoms with Gasteiger partial charge in [-0.15, -0.1) is 0 Å². The van der Waals surface area contributed by atoms with Crippen molar-refractivity contribution in [2.45, 2.75) is 103 Å². The van der Waals surface area contributed by atoms with Gasteiger partial charge in [-0.2, -0.15) is 0 Å². The van der Waals surface area contributed by atoms with Gasteiger partial charge in [-0.05, 0) is 79.9 Å². The van der Waals surface area contributed by atoms with Gasteiger partial charge in [-0.3, -0.25) is 4.90 Å². The van der Waals surface area contributed by atoms with Crippen LogP contribution in [-0.4, -0.2) is 51.4 Å². The highest BCUT2D eigenvalue weighted by atomic mass is 16.6. The van der Waals surface area contributed by atoms with E-state index in [1.807, 2.05) is 12.1 Å². The van der Waals surface area contributed by atoms with Gasteiger partial charge in [0.05, 0.1) is 14.2 Å². The summed E-state index contributed by atoms with van der Waals surface area (Å²) in [5.41, 5.74) is 4.61. The van der Waals surface area contributed by atoms with E-state index in [9.17, 15) is 4.79 Å². The molecule has 44 heavy (non-hydrogen) atoms. The molecule has 0 saturated carbocycles. The zero-order chi connectivity index (χ0) is 31.0. The van der Waals surface area contributed by atoms with Crippen LogP contribution in [0.4, 0.5) is 0 Å². The summed E-state index contributed by atoms with van der Waals surface area (Å²) in [7, 11) is 3.30. The van der Waals surface area contributed by atoms with Crippen molar-refractivity contribution in [2.75, 3.05) is 40.5 Å². The molecule has 0 spiro atoms. The first-order valence-corrected chi connectivity index (χ1v) is 17.1. The van der Waals surface area contributed by atoms with Crippen LogP contribution in [0.2, 0.25) is 0 Å². The maximum atomic E-state index is 13.0. The van der Waals surface area contributed by atoms with Crippen LogP contribution in [0.15, 0.2) is 48.0 Å². The Labute approximate surface area is 266 Å². The first-order chi connectivity index (χ1) is 21.6. The summed E-state index contributed by atoms with van der Waals surface area (Å²) in [6, 6.07) is 14.7. The summed E-state index contributed by atoms with van der Waals surface area (Å²) in [6.45, 7) is 6.02. The Hall–Kier alpha value is -2.83. The molecule has 1 fully saturated rings. The molecule has 4 rings (SSSR count). The van der Waals surface area contributed by atoms with Crippen molar-refractivity contribution >= 4 is 11.7 Å². The molecule has 0 radical (unpaired) electrons. The number of rotatable bonds is 20. The number of fused-ring (bicyclic) bond motifs is 1. The third-order valence-corrected chi connectivity index (χ3v) is 9.15. The first kappa shape index (κ1) is 34.1. The minimum absolute atomic E-state index is 0.0191. The minimum atomic E-state index is -0.329. The molecular weight excluding hydrogens is 550 g/mol. The molecule has 1 heterocycles. The smallest absolute Gasteiger partial charge is 0.337 e. The van der Waals surface area contributed by atoms with E-state index in [0.29, 0.717) is 29.8 Å². The van der Waals surface area contributed by atoms with Crippen molar-refractivity contribution in [2.24, 2.45) is 5.92 Å². The van der Waals surface area contributed by atoms with E-state index in [0.717, 1.165) is 69.3 Å². The molecule has 0 amide bonds.